The Kier molecular flexibility index (Phi) is 6.26. The number of piperidine rings is 2. The zero-order valence-electron chi connectivity index (χ0n) is 23.6. The number of benzene rings is 2. The number of amides is 2. The summed E-state index contributed by atoms with van der Waals surface area (Å²) in [5.74, 6) is 0.645. The van der Waals surface area contributed by atoms with Gasteiger partial charge < -0.3 is 15.2 Å². The Labute approximate surface area is 236 Å². The maximum atomic E-state index is 13.2. The molecule has 3 saturated heterocycles. The molecule has 4 fully saturated rings. The molecule has 1 aliphatic carbocycles. The molecule has 1 saturated carbocycles. The number of rotatable bonds is 7. The number of imidazole rings is 1. The van der Waals surface area contributed by atoms with E-state index in [0.29, 0.717) is 44.1 Å². The summed E-state index contributed by atoms with van der Waals surface area (Å²) in [7, 11) is 0. The highest BCUT2D eigenvalue weighted by atomic mass is 16.2. The van der Waals surface area contributed by atoms with Gasteiger partial charge in [-0.05, 0) is 94.4 Å². The lowest BCUT2D eigenvalue weighted by molar-refractivity contribution is -0.144. The maximum Gasteiger partial charge on any atom is 0.238 e. The average Bonchev–Trinajstić information content (AvgIpc) is 3.67. The second kappa shape index (κ2) is 9.72. The van der Waals surface area contributed by atoms with Crippen LogP contribution in [0.2, 0.25) is 0 Å². The zero-order valence-corrected chi connectivity index (χ0v) is 23.6. The number of hydrogen-bond donors (Lipinski definition) is 1. The molecule has 3 atom stereocenters. The Hall–Kier alpha value is -3.19. The fourth-order valence-corrected chi connectivity index (χ4v) is 8.40. The van der Waals surface area contributed by atoms with Crippen molar-refractivity contribution in [3.05, 3.63) is 66.0 Å². The Balaban J connectivity index is 1.06. The summed E-state index contributed by atoms with van der Waals surface area (Å²) in [6, 6.07) is 21.2. The third kappa shape index (κ3) is 4.16. The number of aromatic nitrogens is 2. The molecule has 7 rings (SSSR count). The number of likely N-dealkylation sites (tertiary alicyclic amines) is 1. The molecule has 3 aliphatic heterocycles. The number of carbonyl (C=O) groups is 2. The topological polar surface area (TPSA) is 84.5 Å². The van der Waals surface area contributed by atoms with Crippen molar-refractivity contribution in [1.82, 2.24) is 19.4 Å². The van der Waals surface area contributed by atoms with Crippen molar-refractivity contribution in [1.29, 1.82) is 0 Å². The van der Waals surface area contributed by atoms with E-state index in [1.807, 2.05) is 4.90 Å². The summed E-state index contributed by atoms with van der Waals surface area (Å²) in [6.07, 6.45) is 9.12. The second-order valence-corrected chi connectivity index (χ2v) is 12.9. The van der Waals surface area contributed by atoms with Gasteiger partial charge in [-0.1, -0.05) is 42.5 Å². The maximum absolute atomic E-state index is 13.2. The molecular weight excluding hydrogens is 498 g/mol. The molecule has 0 spiro atoms. The first kappa shape index (κ1) is 25.8. The van der Waals surface area contributed by atoms with Gasteiger partial charge in [0.15, 0.2) is 0 Å². The number of aryl methyl sites for hydroxylation is 1. The third-order valence-electron chi connectivity index (χ3n) is 10.9. The molecule has 2 N–H and O–H groups in total. The fraction of sp³-hybridized carbons (Fsp3) is 0.545. The molecule has 210 valence electrons. The van der Waals surface area contributed by atoms with Gasteiger partial charge in [0, 0.05) is 31.2 Å². The minimum Gasteiger partial charge on any atom is -0.369 e. The van der Waals surface area contributed by atoms with Gasteiger partial charge in [-0.25, -0.2) is 4.98 Å². The predicted molar refractivity (Wildman–Crippen MR) is 156 cm³/mol. The second-order valence-electron chi connectivity index (χ2n) is 12.9. The summed E-state index contributed by atoms with van der Waals surface area (Å²) in [6.45, 7) is 4.65. The highest BCUT2D eigenvalue weighted by molar-refractivity contribution is 6.07. The molecule has 2 amide bonds. The van der Waals surface area contributed by atoms with E-state index in [9.17, 15) is 9.59 Å². The summed E-state index contributed by atoms with van der Waals surface area (Å²) in [5, 5.41) is 0. The third-order valence-corrected chi connectivity index (χ3v) is 10.9. The molecule has 40 heavy (non-hydrogen) atoms. The van der Waals surface area contributed by atoms with Gasteiger partial charge in [-0.2, -0.15) is 0 Å². The van der Waals surface area contributed by atoms with Crippen LogP contribution in [0.15, 0.2) is 54.6 Å². The first-order chi connectivity index (χ1) is 19.4. The van der Waals surface area contributed by atoms with Crippen LogP contribution in [0.4, 0.5) is 0 Å². The van der Waals surface area contributed by atoms with Gasteiger partial charge >= 0.3 is 0 Å². The van der Waals surface area contributed by atoms with Gasteiger partial charge in [0.05, 0.1) is 11.0 Å². The smallest absolute Gasteiger partial charge is 0.238 e. The van der Waals surface area contributed by atoms with E-state index in [0.717, 1.165) is 37.1 Å². The normalized spacial score (nSPS) is 27.1. The van der Waals surface area contributed by atoms with Gasteiger partial charge in [0.25, 0.3) is 0 Å². The lowest BCUT2D eigenvalue weighted by Gasteiger charge is -2.46. The lowest BCUT2D eigenvalue weighted by Crippen LogP contribution is -2.51. The molecule has 4 aliphatic rings. The van der Waals surface area contributed by atoms with Crippen molar-refractivity contribution in [2.75, 3.05) is 19.6 Å². The van der Waals surface area contributed by atoms with E-state index in [4.69, 9.17) is 10.7 Å². The number of hydrogen-bond acceptors (Lipinski definition) is 4. The van der Waals surface area contributed by atoms with Crippen molar-refractivity contribution >= 4 is 22.8 Å². The molecule has 0 radical (unpaired) electrons. The molecule has 7 nitrogen and oxygen atoms in total. The van der Waals surface area contributed by atoms with Crippen LogP contribution < -0.4 is 5.73 Å². The van der Waals surface area contributed by atoms with Crippen LogP contribution in [0.1, 0.15) is 75.2 Å². The van der Waals surface area contributed by atoms with E-state index in [2.05, 4.69) is 71.0 Å². The Morgan fingerprint density at radius 1 is 0.900 bits per heavy atom. The van der Waals surface area contributed by atoms with Gasteiger partial charge in [0.2, 0.25) is 11.8 Å². The van der Waals surface area contributed by atoms with Gasteiger partial charge in [-0.3, -0.25) is 14.5 Å². The van der Waals surface area contributed by atoms with Crippen molar-refractivity contribution in [2.45, 2.75) is 88.3 Å². The van der Waals surface area contributed by atoms with Crippen LogP contribution >= 0.6 is 0 Å². The first-order valence-electron chi connectivity index (χ1n) is 15.2. The number of carbonyl (C=O) groups excluding carboxylic acids is 2. The number of nitrogens with zero attached hydrogens (tertiary/aromatic N) is 4. The monoisotopic (exact) mass is 539 g/mol. The SMILES string of the molecule is Cc1nc2ccccc2n1[C@H]1C[C@H]2CC[C@@H](C1)N2CCC1(c2ccccc2)CCN(C(=O)C2(C(N)=O)CC2)CC1. The van der Waals surface area contributed by atoms with Gasteiger partial charge in [-0.15, -0.1) is 0 Å². The largest absolute Gasteiger partial charge is 0.369 e. The van der Waals surface area contributed by atoms with Crippen LogP contribution in [0.3, 0.4) is 0 Å². The molecule has 1 aromatic heterocycles. The highest BCUT2D eigenvalue weighted by Crippen LogP contribution is 2.49. The molecule has 2 bridgehead atoms. The Bertz CT molecular complexity index is 1410. The minimum atomic E-state index is -0.921. The van der Waals surface area contributed by atoms with Crippen LogP contribution in [-0.4, -0.2) is 62.9 Å². The molecule has 0 unspecified atom stereocenters. The van der Waals surface area contributed by atoms with Crippen molar-refractivity contribution in [3.8, 4) is 0 Å². The first-order valence-corrected chi connectivity index (χ1v) is 15.2. The number of fused-ring (bicyclic) bond motifs is 3. The van der Waals surface area contributed by atoms with Crippen molar-refractivity contribution in [3.63, 3.8) is 0 Å². The van der Waals surface area contributed by atoms with E-state index in [1.165, 1.54) is 36.8 Å². The van der Waals surface area contributed by atoms with E-state index < -0.39 is 11.3 Å². The number of primary amides is 1. The van der Waals surface area contributed by atoms with E-state index >= 15 is 0 Å². The van der Waals surface area contributed by atoms with E-state index in [1.54, 1.807) is 0 Å². The zero-order chi connectivity index (χ0) is 27.5. The van der Waals surface area contributed by atoms with Crippen LogP contribution in [-0.2, 0) is 15.0 Å². The van der Waals surface area contributed by atoms with Gasteiger partial charge in [0.1, 0.15) is 11.2 Å². The molecular formula is C33H41N5O2. The summed E-state index contributed by atoms with van der Waals surface area (Å²) in [4.78, 5) is 34.8. The molecule has 4 heterocycles. The molecule has 2 aromatic carbocycles. The van der Waals surface area contributed by atoms with Crippen molar-refractivity contribution in [2.24, 2.45) is 11.1 Å². The highest BCUT2D eigenvalue weighted by Gasteiger charge is 2.57. The van der Waals surface area contributed by atoms with Crippen LogP contribution in [0, 0.1) is 12.3 Å². The predicted octanol–water partition coefficient (Wildman–Crippen LogP) is 4.73. The number of para-hydroxylation sites is 2. The summed E-state index contributed by atoms with van der Waals surface area (Å²) >= 11 is 0. The fourth-order valence-electron chi connectivity index (χ4n) is 8.40. The minimum absolute atomic E-state index is 0.0379. The lowest BCUT2D eigenvalue weighted by atomic mass is 9.70. The summed E-state index contributed by atoms with van der Waals surface area (Å²) in [5.41, 5.74) is 8.52. The Morgan fingerprint density at radius 3 is 2.20 bits per heavy atom. The summed E-state index contributed by atoms with van der Waals surface area (Å²) < 4.78 is 2.51. The van der Waals surface area contributed by atoms with Crippen LogP contribution in [0.25, 0.3) is 11.0 Å². The Morgan fingerprint density at radius 2 is 1.55 bits per heavy atom. The standard InChI is InChI=1S/C33H41N5O2/c1-23-35-28-9-5-6-10-29(28)38(23)27-21-25-11-12-26(22-27)37(25)20-17-32(24-7-3-2-4-8-24)15-18-36(19-16-32)31(40)33(13-14-33)30(34)39/h2-10,25-27H,11-22H2,1H3,(H2,34,39)/t25-,26+,27+. The average molecular weight is 540 g/mol. The van der Waals surface area contributed by atoms with Crippen LogP contribution in [0.5, 0.6) is 0 Å². The number of nitrogens with two attached hydrogens (primary N) is 1. The quantitative estimate of drug-likeness (QED) is 0.440. The van der Waals surface area contributed by atoms with E-state index in [-0.39, 0.29) is 11.3 Å². The molecule has 3 aromatic rings. The molecule has 7 heteroatoms. The van der Waals surface area contributed by atoms with Crippen molar-refractivity contribution < 1.29 is 9.59 Å².